The molecule has 1 aromatic rings. The highest BCUT2D eigenvalue weighted by molar-refractivity contribution is 5.42. The predicted octanol–water partition coefficient (Wildman–Crippen LogP) is 1.87. The molecule has 0 aliphatic heterocycles. The Morgan fingerprint density at radius 3 is 2.50 bits per heavy atom. The highest BCUT2D eigenvalue weighted by atomic mass is 16.1. The molecule has 2 heteroatoms. The van der Waals surface area contributed by atoms with E-state index < -0.39 is 0 Å². The van der Waals surface area contributed by atoms with Crippen molar-refractivity contribution in [1.29, 1.82) is 0 Å². The summed E-state index contributed by atoms with van der Waals surface area (Å²) in [4.78, 5) is 11.3. The van der Waals surface area contributed by atoms with E-state index in [9.17, 15) is 4.79 Å². The van der Waals surface area contributed by atoms with E-state index in [1.54, 1.807) is 18.2 Å². The van der Waals surface area contributed by atoms with Gasteiger partial charge in [0.15, 0.2) is 0 Å². The molecule has 1 N–H and O–H groups in total. The average molecular weight is 163 g/mol. The minimum absolute atomic E-state index is 0.0358. The summed E-state index contributed by atoms with van der Waals surface area (Å²) in [6.45, 7) is 4.01. The van der Waals surface area contributed by atoms with Crippen molar-refractivity contribution < 1.29 is 0 Å². The van der Waals surface area contributed by atoms with Crippen LogP contribution in [-0.4, -0.2) is 6.04 Å². The molecular weight excluding hydrogens is 150 g/mol. The number of nitrogens with one attached hydrogen (secondary N) is 1. The Kier molecular flexibility index (Phi) is 2.86. The van der Waals surface area contributed by atoms with Gasteiger partial charge in [-0.1, -0.05) is 18.2 Å². The molecule has 64 valence electrons. The first kappa shape index (κ1) is 8.78. The highest BCUT2D eigenvalue weighted by Gasteiger charge is 1.96. The van der Waals surface area contributed by atoms with Crippen molar-refractivity contribution in [2.75, 3.05) is 5.32 Å². The van der Waals surface area contributed by atoms with E-state index in [4.69, 9.17) is 0 Å². The Bertz CT molecular complexity index is 307. The summed E-state index contributed by atoms with van der Waals surface area (Å²) in [5, 5.41) is 3.08. The number of hydrogen-bond donors (Lipinski definition) is 1. The van der Waals surface area contributed by atoms with Gasteiger partial charge in [-0.3, -0.25) is 4.79 Å². The van der Waals surface area contributed by atoms with Crippen LogP contribution in [0.4, 0.5) is 5.69 Å². The zero-order valence-electron chi connectivity index (χ0n) is 7.37. The smallest absolute Gasteiger partial charge is 0.201 e. The lowest BCUT2D eigenvalue weighted by molar-refractivity contribution is 0.898. The molecule has 0 spiro atoms. The van der Waals surface area contributed by atoms with Gasteiger partial charge < -0.3 is 5.32 Å². The number of anilines is 1. The van der Waals surface area contributed by atoms with E-state index in [0.717, 1.165) is 0 Å². The van der Waals surface area contributed by atoms with Crippen LogP contribution < -0.4 is 10.7 Å². The van der Waals surface area contributed by atoms with E-state index in [1.165, 1.54) is 0 Å². The Hall–Kier alpha value is -1.31. The molecule has 0 saturated carbocycles. The first-order valence-corrected chi connectivity index (χ1v) is 4.06. The lowest BCUT2D eigenvalue weighted by atomic mass is 10.3. The Morgan fingerprint density at radius 2 is 1.83 bits per heavy atom. The Labute approximate surface area is 72.2 Å². The normalized spacial score (nSPS) is 9.92. The van der Waals surface area contributed by atoms with Gasteiger partial charge in [-0.2, -0.15) is 0 Å². The first-order chi connectivity index (χ1) is 5.70. The van der Waals surface area contributed by atoms with Crippen LogP contribution in [0.2, 0.25) is 0 Å². The summed E-state index contributed by atoms with van der Waals surface area (Å²) in [5.74, 6) is 0. The van der Waals surface area contributed by atoms with Crippen LogP contribution in [0, 0.1) is 0 Å². The predicted molar refractivity (Wildman–Crippen MR) is 51.5 cm³/mol. The van der Waals surface area contributed by atoms with Gasteiger partial charge in [-0.25, -0.2) is 0 Å². The molecule has 0 fully saturated rings. The van der Waals surface area contributed by atoms with Crippen LogP contribution in [0.5, 0.6) is 0 Å². The molecular formula is C10H13NO. The van der Waals surface area contributed by atoms with E-state index in [2.05, 4.69) is 5.32 Å². The fraction of sp³-hybridized carbons (Fsp3) is 0.300. The maximum Gasteiger partial charge on any atom is 0.201 e. The zero-order valence-corrected chi connectivity index (χ0v) is 7.37. The topological polar surface area (TPSA) is 29.1 Å². The molecule has 0 radical (unpaired) electrons. The Morgan fingerprint density at radius 1 is 1.17 bits per heavy atom. The molecule has 0 aliphatic carbocycles. The molecule has 0 heterocycles. The van der Waals surface area contributed by atoms with Crippen molar-refractivity contribution in [3.63, 3.8) is 0 Å². The minimum Gasteiger partial charge on any atom is -0.380 e. The standard InChI is InChI=1S/C10H13NO/c1-8(2)11-9-6-4-3-5-7-10(9)12/h3-8H,1-2H3,(H,11,12). The highest BCUT2D eigenvalue weighted by Crippen LogP contribution is 1.98. The van der Waals surface area contributed by atoms with Crippen LogP contribution in [-0.2, 0) is 0 Å². The molecule has 0 unspecified atom stereocenters. The molecule has 0 aliphatic rings. The fourth-order valence-corrected chi connectivity index (χ4v) is 0.961. The molecule has 0 atom stereocenters. The van der Waals surface area contributed by atoms with Gasteiger partial charge in [-0.15, -0.1) is 0 Å². The largest absolute Gasteiger partial charge is 0.380 e. The lowest BCUT2D eigenvalue weighted by Crippen LogP contribution is -2.15. The maximum absolute atomic E-state index is 11.3. The Balaban J connectivity index is 3.01. The van der Waals surface area contributed by atoms with Gasteiger partial charge in [0, 0.05) is 6.04 Å². The average Bonchev–Trinajstić information content (AvgIpc) is 2.16. The van der Waals surface area contributed by atoms with E-state index in [-0.39, 0.29) is 5.43 Å². The van der Waals surface area contributed by atoms with Crippen molar-refractivity contribution in [2.45, 2.75) is 19.9 Å². The van der Waals surface area contributed by atoms with Crippen LogP contribution in [0.25, 0.3) is 0 Å². The molecule has 1 rings (SSSR count). The lowest BCUT2D eigenvalue weighted by Gasteiger charge is -2.06. The minimum atomic E-state index is 0.0358. The molecule has 1 aromatic carbocycles. The van der Waals surface area contributed by atoms with E-state index >= 15 is 0 Å². The molecule has 12 heavy (non-hydrogen) atoms. The zero-order chi connectivity index (χ0) is 8.97. The summed E-state index contributed by atoms with van der Waals surface area (Å²) in [5.41, 5.74) is 0.698. The number of rotatable bonds is 2. The van der Waals surface area contributed by atoms with Gasteiger partial charge in [-0.05, 0) is 26.0 Å². The second kappa shape index (κ2) is 3.90. The second-order valence-corrected chi connectivity index (χ2v) is 2.99. The summed E-state index contributed by atoms with van der Waals surface area (Å²) >= 11 is 0. The molecule has 0 amide bonds. The van der Waals surface area contributed by atoms with Crippen LogP contribution in [0.15, 0.2) is 35.1 Å². The van der Waals surface area contributed by atoms with Gasteiger partial charge in [0.2, 0.25) is 5.43 Å². The summed E-state index contributed by atoms with van der Waals surface area (Å²) in [7, 11) is 0. The molecule has 2 nitrogen and oxygen atoms in total. The molecule has 0 saturated heterocycles. The number of hydrogen-bond acceptors (Lipinski definition) is 2. The van der Waals surface area contributed by atoms with Crippen molar-refractivity contribution in [3.8, 4) is 0 Å². The monoisotopic (exact) mass is 163 g/mol. The van der Waals surface area contributed by atoms with Crippen LogP contribution >= 0.6 is 0 Å². The molecule has 0 bridgehead atoms. The van der Waals surface area contributed by atoms with Crippen molar-refractivity contribution in [1.82, 2.24) is 0 Å². The first-order valence-electron chi connectivity index (χ1n) is 4.06. The molecule has 0 aromatic heterocycles. The third-order valence-electron chi connectivity index (χ3n) is 1.44. The third-order valence-corrected chi connectivity index (χ3v) is 1.44. The second-order valence-electron chi connectivity index (χ2n) is 2.99. The van der Waals surface area contributed by atoms with Crippen molar-refractivity contribution in [2.24, 2.45) is 0 Å². The van der Waals surface area contributed by atoms with Gasteiger partial charge in [0.1, 0.15) is 0 Å². The maximum atomic E-state index is 11.3. The van der Waals surface area contributed by atoms with Crippen LogP contribution in [0.1, 0.15) is 13.8 Å². The van der Waals surface area contributed by atoms with Crippen molar-refractivity contribution >= 4 is 5.69 Å². The van der Waals surface area contributed by atoms with Crippen molar-refractivity contribution in [3.05, 3.63) is 40.6 Å². The fourth-order valence-electron chi connectivity index (χ4n) is 0.961. The van der Waals surface area contributed by atoms with E-state index in [0.29, 0.717) is 11.7 Å². The summed E-state index contributed by atoms with van der Waals surface area (Å²) in [6, 6.07) is 9.08. The SMILES string of the molecule is CC(C)Nc1cccccc1=O. The van der Waals surface area contributed by atoms with Crippen LogP contribution in [0.3, 0.4) is 0 Å². The van der Waals surface area contributed by atoms with Gasteiger partial charge in [0.25, 0.3) is 0 Å². The summed E-state index contributed by atoms with van der Waals surface area (Å²) < 4.78 is 0. The van der Waals surface area contributed by atoms with Gasteiger partial charge in [0.05, 0.1) is 5.69 Å². The third kappa shape index (κ3) is 2.38. The van der Waals surface area contributed by atoms with E-state index in [1.807, 2.05) is 26.0 Å². The van der Waals surface area contributed by atoms with Gasteiger partial charge >= 0.3 is 0 Å². The summed E-state index contributed by atoms with van der Waals surface area (Å²) in [6.07, 6.45) is 0. The quantitative estimate of drug-likeness (QED) is 0.721.